The second-order valence-electron chi connectivity index (χ2n) is 6.12. The second kappa shape index (κ2) is 7.38. The molecule has 0 saturated heterocycles. The van der Waals surface area contributed by atoms with Crippen molar-refractivity contribution in [1.29, 1.82) is 0 Å². The third kappa shape index (κ3) is 3.50. The van der Waals surface area contributed by atoms with Crippen LogP contribution in [0.4, 0.5) is 0 Å². The summed E-state index contributed by atoms with van der Waals surface area (Å²) in [6.45, 7) is 1.84. The number of benzene rings is 1. The monoisotopic (exact) mass is 339 g/mol. The van der Waals surface area contributed by atoms with Gasteiger partial charge in [0.15, 0.2) is 0 Å². The molecule has 1 aromatic heterocycles. The second-order valence-corrected chi connectivity index (χ2v) is 6.12. The number of para-hydroxylation sites is 1. The zero-order chi connectivity index (χ0) is 17.8. The van der Waals surface area contributed by atoms with Gasteiger partial charge in [-0.3, -0.25) is 0 Å². The molecule has 1 heterocycles. The van der Waals surface area contributed by atoms with Crippen LogP contribution in [0.3, 0.4) is 0 Å². The summed E-state index contributed by atoms with van der Waals surface area (Å²) >= 11 is 0. The fraction of sp³-hybridized carbons (Fsp3) is 0.300. The lowest BCUT2D eigenvalue weighted by molar-refractivity contribution is 0.212. The SMILES string of the molecule is CO/N=C(/C)CC(C1=CC=CCC1)c1c(O)c2ccccc2oc1=O. The van der Waals surface area contributed by atoms with E-state index in [0.29, 0.717) is 17.4 Å². The smallest absolute Gasteiger partial charge is 0.343 e. The largest absolute Gasteiger partial charge is 0.507 e. The number of nitrogens with zero attached hydrogens (tertiary/aromatic N) is 1. The van der Waals surface area contributed by atoms with Crippen LogP contribution in [0.1, 0.15) is 37.7 Å². The fourth-order valence-corrected chi connectivity index (χ4v) is 3.27. The molecule has 0 saturated carbocycles. The van der Waals surface area contributed by atoms with Crippen LogP contribution in [-0.4, -0.2) is 17.9 Å². The summed E-state index contributed by atoms with van der Waals surface area (Å²) in [5, 5.41) is 15.3. The first-order valence-electron chi connectivity index (χ1n) is 8.28. The van der Waals surface area contributed by atoms with Gasteiger partial charge < -0.3 is 14.4 Å². The Morgan fingerprint density at radius 1 is 1.40 bits per heavy atom. The first kappa shape index (κ1) is 17.0. The number of hydrogen-bond donors (Lipinski definition) is 1. The van der Waals surface area contributed by atoms with E-state index in [1.165, 1.54) is 7.11 Å². The number of allylic oxidation sites excluding steroid dienone is 4. The zero-order valence-electron chi connectivity index (χ0n) is 14.4. The molecule has 5 nitrogen and oxygen atoms in total. The number of fused-ring (bicyclic) bond motifs is 1. The molecule has 3 rings (SSSR count). The third-order valence-electron chi connectivity index (χ3n) is 4.41. The minimum Gasteiger partial charge on any atom is -0.507 e. The molecule has 1 aliphatic carbocycles. The molecule has 1 N–H and O–H groups in total. The number of aromatic hydroxyl groups is 1. The van der Waals surface area contributed by atoms with Crippen LogP contribution in [0.5, 0.6) is 5.75 Å². The molecule has 25 heavy (non-hydrogen) atoms. The van der Waals surface area contributed by atoms with Crippen molar-refractivity contribution in [3.05, 3.63) is 64.1 Å². The van der Waals surface area contributed by atoms with E-state index in [2.05, 4.69) is 11.2 Å². The van der Waals surface area contributed by atoms with Crippen LogP contribution in [0.15, 0.2) is 62.4 Å². The molecule has 130 valence electrons. The molecular weight excluding hydrogens is 318 g/mol. The highest BCUT2D eigenvalue weighted by molar-refractivity contribution is 5.86. The minimum atomic E-state index is -0.512. The Kier molecular flexibility index (Phi) is 5.03. The van der Waals surface area contributed by atoms with Gasteiger partial charge in [-0.1, -0.05) is 41.1 Å². The average Bonchev–Trinajstić information content (AvgIpc) is 2.62. The van der Waals surface area contributed by atoms with Crippen molar-refractivity contribution in [2.24, 2.45) is 5.16 Å². The van der Waals surface area contributed by atoms with Gasteiger partial charge in [0.25, 0.3) is 0 Å². The Labute approximate surface area is 145 Å². The molecule has 0 spiro atoms. The van der Waals surface area contributed by atoms with E-state index in [-0.39, 0.29) is 17.2 Å². The normalized spacial score (nSPS) is 15.9. The van der Waals surface area contributed by atoms with Crippen molar-refractivity contribution in [2.45, 2.75) is 32.1 Å². The molecule has 1 aliphatic rings. The molecule has 0 bridgehead atoms. The highest BCUT2D eigenvalue weighted by atomic mass is 16.6. The van der Waals surface area contributed by atoms with E-state index in [9.17, 15) is 9.90 Å². The van der Waals surface area contributed by atoms with Crippen molar-refractivity contribution in [2.75, 3.05) is 7.11 Å². The molecule has 1 unspecified atom stereocenters. The van der Waals surface area contributed by atoms with Crippen LogP contribution in [0.2, 0.25) is 0 Å². The first-order valence-corrected chi connectivity index (χ1v) is 8.28. The van der Waals surface area contributed by atoms with Gasteiger partial charge in [-0.15, -0.1) is 0 Å². The minimum absolute atomic E-state index is 0.0162. The summed E-state index contributed by atoms with van der Waals surface area (Å²) in [4.78, 5) is 17.5. The predicted molar refractivity (Wildman–Crippen MR) is 98.1 cm³/mol. The summed E-state index contributed by atoms with van der Waals surface area (Å²) in [5.74, 6) is -0.317. The van der Waals surface area contributed by atoms with Crippen molar-refractivity contribution in [1.82, 2.24) is 0 Å². The van der Waals surface area contributed by atoms with E-state index in [0.717, 1.165) is 24.1 Å². The van der Waals surface area contributed by atoms with Gasteiger partial charge in [0.1, 0.15) is 18.4 Å². The van der Waals surface area contributed by atoms with Crippen molar-refractivity contribution >= 4 is 16.7 Å². The molecule has 2 aromatic rings. The lowest BCUT2D eigenvalue weighted by Gasteiger charge is -2.22. The standard InChI is InChI=1S/C20H21NO4/c1-13(21-24-2)12-16(14-8-4-3-5-9-14)18-19(22)15-10-6-7-11-17(15)25-20(18)23/h3-4,6-8,10-11,16,22H,5,9,12H2,1-2H3/b21-13-. The first-order chi connectivity index (χ1) is 12.1. The van der Waals surface area contributed by atoms with E-state index in [1.807, 2.05) is 19.1 Å². The molecule has 5 heteroatoms. The predicted octanol–water partition coefficient (Wildman–Crippen LogP) is 4.27. The molecule has 0 aliphatic heterocycles. The maximum absolute atomic E-state index is 12.6. The maximum Gasteiger partial charge on any atom is 0.343 e. The van der Waals surface area contributed by atoms with Crippen LogP contribution < -0.4 is 5.63 Å². The number of oxime groups is 1. The Morgan fingerprint density at radius 3 is 2.92 bits per heavy atom. The lowest BCUT2D eigenvalue weighted by Crippen LogP contribution is -2.18. The molecule has 1 atom stereocenters. The van der Waals surface area contributed by atoms with Crippen LogP contribution in [0.25, 0.3) is 11.0 Å². The average molecular weight is 339 g/mol. The Bertz CT molecular complexity index is 921. The van der Waals surface area contributed by atoms with E-state index in [4.69, 9.17) is 9.25 Å². The van der Waals surface area contributed by atoms with Crippen LogP contribution >= 0.6 is 0 Å². The van der Waals surface area contributed by atoms with E-state index < -0.39 is 5.63 Å². The molecule has 1 aromatic carbocycles. The summed E-state index contributed by atoms with van der Waals surface area (Å²) in [6, 6.07) is 7.00. The molecule has 0 amide bonds. The van der Waals surface area contributed by atoms with E-state index >= 15 is 0 Å². The van der Waals surface area contributed by atoms with Gasteiger partial charge >= 0.3 is 5.63 Å². The number of rotatable bonds is 5. The van der Waals surface area contributed by atoms with Crippen molar-refractivity contribution in [3.63, 3.8) is 0 Å². The van der Waals surface area contributed by atoms with Crippen molar-refractivity contribution < 1.29 is 14.4 Å². The van der Waals surface area contributed by atoms with Gasteiger partial charge in [0.05, 0.1) is 16.7 Å². The third-order valence-corrected chi connectivity index (χ3v) is 4.41. The van der Waals surface area contributed by atoms with Crippen LogP contribution in [-0.2, 0) is 4.84 Å². The highest BCUT2D eigenvalue weighted by Gasteiger charge is 2.27. The van der Waals surface area contributed by atoms with E-state index in [1.54, 1.807) is 24.3 Å². The Balaban J connectivity index is 2.17. The van der Waals surface area contributed by atoms with Gasteiger partial charge in [0, 0.05) is 5.92 Å². The summed E-state index contributed by atoms with van der Waals surface area (Å²) in [5.41, 5.74) is 1.97. The quantitative estimate of drug-likeness (QED) is 0.501. The van der Waals surface area contributed by atoms with Gasteiger partial charge in [-0.05, 0) is 38.3 Å². The van der Waals surface area contributed by atoms with Gasteiger partial charge in [-0.2, -0.15) is 0 Å². The summed E-state index contributed by atoms with van der Waals surface area (Å²) in [7, 11) is 1.49. The Morgan fingerprint density at radius 2 is 2.20 bits per heavy atom. The fourth-order valence-electron chi connectivity index (χ4n) is 3.27. The summed E-state index contributed by atoms with van der Waals surface area (Å²) < 4.78 is 5.46. The maximum atomic E-state index is 12.6. The van der Waals surface area contributed by atoms with Crippen molar-refractivity contribution in [3.8, 4) is 5.75 Å². The van der Waals surface area contributed by atoms with Gasteiger partial charge in [0.2, 0.25) is 0 Å². The zero-order valence-corrected chi connectivity index (χ0v) is 14.4. The molecule has 0 fully saturated rings. The summed E-state index contributed by atoms with van der Waals surface area (Å²) in [6.07, 6.45) is 8.27. The molecule has 0 radical (unpaired) electrons. The Hall–Kier alpha value is -2.82. The molecular formula is C20H21NO4. The lowest BCUT2D eigenvalue weighted by atomic mass is 9.83. The number of hydrogen-bond acceptors (Lipinski definition) is 5. The topological polar surface area (TPSA) is 72.0 Å². The van der Waals surface area contributed by atoms with Gasteiger partial charge in [-0.25, -0.2) is 4.79 Å². The van der Waals surface area contributed by atoms with Crippen LogP contribution in [0, 0.1) is 0 Å². The highest BCUT2D eigenvalue weighted by Crippen LogP contribution is 2.38.